The number of carbonyl (C=O) groups is 1. The molecule has 1 fully saturated rings. The van der Waals surface area contributed by atoms with Gasteiger partial charge < -0.3 is 14.4 Å². The van der Waals surface area contributed by atoms with E-state index in [0.717, 1.165) is 56.8 Å². The molecule has 0 atom stereocenters. The van der Waals surface area contributed by atoms with Gasteiger partial charge in [-0.2, -0.15) is 5.10 Å². The first kappa shape index (κ1) is 20.6. The van der Waals surface area contributed by atoms with Crippen LogP contribution in [-0.4, -0.2) is 68.8 Å². The lowest BCUT2D eigenvalue weighted by atomic mass is 9.95. The molecule has 3 rings (SSSR count). The van der Waals surface area contributed by atoms with E-state index in [-0.39, 0.29) is 5.91 Å². The number of hydrogen-bond acceptors (Lipinski definition) is 4. The summed E-state index contributed by atoms with van der Waals surface area (Å²) in [6, 6.07) is 0. The Morgan fingerprint density at radius 2 is 1.93 bits per heavy atom. The second-order valence-corrected chi connectivity index (χ2v) is 8.24. The molecular formula is C21H34N6O. The third-order valence-electron chi connectivity index (χ3n) is 5.99. The van der Waals surface area contributed by atoms with Gasteiger partial charge in [0.1, 0.15) is 12.4 Å². The molecule has 2 aromatic heterocycles. The SMILES string of the molecule is Cc1nn(CC(=O)N2CCC(c3nccn3CCCN(C)C)CC2)c(C)c1C. The maximum Gasteiger partial charge on any atom is 0.244 e. The van der Waals surface area contributed by atoms with Gasteiger partial charge in [0.15, 0.2) is 0 Å². The first-order valence-corrected chi connectivity index (χ1v) is 10.3. The molecule has 0 aromatic carbocycles. The summed E-state index contributed by atoms with van der Waals surface area (Å²) in [6.45, 7) is 10.1. The summed E-state index contributed by atoms with van der Waals surface area (Å²) < 4.78 is 4.14. The van der Waals surface area contributed by atoms with Crippen molar-refractivity contribution in [2.45, 2.75) is 59.0 Å². The Kier molecular flexibility index (Phi) is 6.54. The van der Waals surface area contributed by atoms with Crippen molar-refractivity contribution in [2.75, 3.05) is 33.7 Å². The average Bonchev–Trinajstić information content (AvgIpc) is 3.22. The number of nitrogens with zero attached hydrogens (tertiary/aromatic N) is 6. The van der Waals surface area contributed by atoms with Crippen molar-refractivity contribution in [1.29, 1.82) is 0 Å². The lowest BCUT2D eigenvalue weighted by Crippen LogP contribution is -2.40. The Morgan fingerprint density at radius 1 is 1.21 bits per heavy atom. The maximum atomic E-state index is 12.7. The molecule has 3 heterocycles. The summed E-state index contributed by atoms with van der Waals surface area (Å²) in [4.78, 5) is 21.6. The molecule has 154 valence electrons. The number of amides is 1. The zero-order valence-corrected chi connectivity index (χ0v) is 18.0. The van der Waals surface area contributed by atoms with Crippen LogP contribution in [0.15, 0.2) is 12.4 Å². The molecule has 0 radical (unpaired) electrons. The van der Waals surface area contributed by atoms with Gasteiger partial charge in [-0.1, -0.05) is 0 Å². The smallest absolute Gasteiger partial charge is 0.244 e. The van der Waals surface area contributed by atoms with Crippen molar-refractivity contribution in [2.24, 2.45) is 0 Å². The van der Waals surface area contributed by atoms with Gasteiger partial charge in [0, 0.05) is 43.6 Å². The Morgan fingerprint density at radius 3 is 2.54 bits per heavy atom. The average molecular weight is 387 g/mol. The maximum absolute atomic E-state index is 12.7. The van der Waals surface area contributed by atoms with E-state index in [2.05, 4.69) is 46.8 Å². The van der Waals surface area contributed by atoms with Gasteiger partial charge >= 0.3 is 0 Å². The van der Waals surface area contributed by atoms with Crippen LogP contribution in [0, 0.1) is 20.8 Å². The predicted molar refractivity (Wildman–Crippen MR) is 110 cm³/mol. The van der Waals surface area contributed by atoms with Gasteiger partial charge in [0.2, 0.25) is 5.91 Å². The summed E-state index contributed by atoms with van der Waals surface area (Å²) in [5.41, 5.74) is 3.26. The highest BCUT2D eigenvalue weighted by Gasteiger charge is 2.27. The van der Waals surface area contributed by atoms with Gasteiger partial charge in [-0.15, -0.1) is 0 Å². The molecular weight excluding hydrogens is 352 g/mol. The lowest BCUT2D eigenvalue weighted by molar-refractivity contribution is -0.133. The van der Waals surface area contributed by atoms with Crippen molar-refractivity contribution in [1.82, 2.24) is 29.1 Å². The molecule has 1 aliphatic rings. The molecule has 0 N–H and O–H groups in total. The van der Waals surface area contributed by atoms with Gasteiger partial charge in [-0.25, -0.2) is 4.98 Å². The largest absolute Gasteiger partial charge is 0.341 e. The normalized spacial score (nSPS) is 15.6. The standard InChI is InChI=1S/C21H34N6O/c1-16-17(2)23-27(18(16)3)15-20(28)25-12-7-19(8-13-25)21-22-9-14-26(21)11-6-10-24(4)5/h9,14,19H,6-8,10-13,15H2,1-5H3. The Bertz CT molecular complexity index is 798. The zero-order valence-electron chi connectivity index (χ0n) is 18.0. The molecule has 0 aliphatic carbocycles. The van der Waals surface area contributed by atoms with Crippen LogP contribution >= 0.6 is 0 Å². The summed E-state index contributed by atoms with van der Waals surface area (Å²) in [6.07, 6.45) is 7.08. The fraction of sp³-hybridized carbons (Fsp3) is 0.667. The minimum Gasteiger partial charge on any atom is -0.341 e. The summed E-state index contributed by atoms with van der Waals surface area (Å²) in [5.74, 6) is 1.78. The van der Waals surface area contributed by atoms with Crippen LogP contribution in [0.4, 0.5) is 0 Å². The van der Waals surface area contributed by atoms with Crippen LogP contribution in [0.5, 0.6) is 0 Å². The van der Waals surface area contributed by atoms with E-state index in [1.54, 1.807) is 0 Å². The lowest BCUT2D eigenvalue weighted by Gasteiger charge is -2.32. The fourth-order valence-corrected chi connectivity index (χ4v) is 3.98. The molecule has 1 aliphatic heterocycles. The van der Waals surface area contributed by atoms with Gasteiger partial charge in [0.05, 0.1) is 5.69 Å². The first-order chi connectivity index (χ1) is 13.4. The Balaban J connectivity index is 1.54. The Labute approximate surface area is 168 Å². The zero-order chi connectivity index (χ0) is 20.3. The summed E-state index contributed by atoms with van der Waals surface area (Å²) >= 11 is 0. The number of hydrogen-bond donors (Lipinski definition) is 0. The topological polar surface area (TPSA) is 59.2 Å². The van der Waals surface area contributed by atoms with Gasteiger partial charge in [-0.3, -0.25) is 9.48 Å². The van der Waals surface area contributed by atoms with Crippen molar-refractivity contribution >= 4 is 5.91 Å². The molecule has 0 bridgehead atoms. The van der Waals surface area contributed by atoms with Crippen LogP contribution in [0.3, 0.4) is 0 Å². The van der Waals surface area contributed by atoms with Crippen LogP contribution in [0.25, 0.3) is 0 Å². The van der Waals surface area contributed by atoms with E-state index >= 15 is 0 Å². The van der Waals surface area contributed by atoms with Crippen LogP contribution in [0.1, 0.15) is 48.0 Å². The number of likely N-dealkylation sites (tertiary alicyclic amines) is 1. The van der Waals surface area contributed by atoms with Crippen molar-refractivity contribution in [3.8, 4) is 0 Å². The van der Waals surface area contributed by atoms with Crippen molar-refractivity contribution in [3.05, 3.63) is 35.2 Å². The molecule has 0 saturated carbocycles. The third kappa shape index (κ3) is 4.63. The van der Waals surface area contributed by atoms with Crippen molar-refractivity contribution in [3.63, 3.8) is 0 Å². The second kappa shape index (κ2) is 8.90. The van der Waals surface area contributed by atoms with E-state index < -0.39 is 0 Å². The molecule has 0 unspecified atom stereocenters. The van der Waals surface area contributed by atoms with E-state index in [0.29, 0.717) is 12.5 Å². The van der Waals surface area contributed by atoms with E-state index in [1.165, 1.54) is 11.4 Å². The highest BCUT2D eigenvalue weighted by atomic mass is 16.2. The highest BCUT2D eigenvalue weighted by molar-refractivity contribution is 5.76. The summed E-state index contributed by atoms with van der Waals surface area (Å²) in [5, 5.41) is 4.51. The van der Waals surface area contributed by atoms with Crippen LogP contribution < -0.4 is 0 Å². The quantitative estimate of drug-likeness (QED) is 0.733. The number of carbonyl (C=O) groups excluding carboxylic acids is 1. The molecule has 0 spiro atoms. The number of imidazole rings is 1. The minimum atomic E-state index is 0.165. The van der Waals surface area contributed by atoms with Gasteiger partial charge in [-0.05, 0) is 66.2 Å². The molecule has 2 aromatic rings. The van der Waals surface area contributed by atoms with Crippen LogP contribution in [0.2, 0.25) is 0 Å². The monoisotopic (exact) mass is 386 g/mol. The first-order valence-electron chi connectivity index (χ1n) is 10.3. The number of piperidine rings is 1. The van der Waals surface area contributed by atoms with Crippen molar-refractivity contribution < 1.29 is 4.79 Å². The number of aromatic nitrogens is 4. The van der Waals surface area contributed by atoms with Crippen LogP contribution in [-0.2, 0) is 17.9 Å². The predicted octanol–water partition coefficient (Wildman–Crippen LogP) is 2.36. The van der Waals surface area contributed by atoms with E-state index in [9.17, 15) is 4.79 Å². The third-order valence-corrected chi connectivity index (χ3v) is 5.99. The second-order valence-electron chi connectivity index (χ2n) is 8.24. The fourth-order valence-electron chi connectivity index (χ4n) is 3.98. The summed E-state index contributed by atoms with van der Waals surface area (Å²) in [7, 11) is 4.21. The van der Waals surface area contributed by atoms with E-state index in [1.807, 2.05) is 29.6 Å². The molecule has 1 amide bonds. The molecule has 28 heavy (non-hydrogen) atoms. The Hall–Kier alpha value is -2.15. The highest BCUT2D eigenvalue weighted by Crippen LogP contribution is 2.27. The number of aryl methyl sites for hydroxylation is 2. The van der Waals surface area contributed by atoms with Gasteiger partial charge in [0.25, 0.3) is 0 Å². The number of rotatable bonds is 7. The molecule has 1 saturated heterocycles. The van der Waals surface area contributed by atoms with E-state index in [4.69, 9.17) is 0 Å². The molecule has 7 nitrogen and oxygen atoms in total. The molecule has 7 heteroatoms. The minimum absolute atomic E-state index is 0.165.